The summed E-state index contributed by atoms with van der Waals surface area (Å²) in [5, 5.41) is 25.4. The Labute approximate surface area is 345 Å². The van der Waals surface area contributed by atoms with E-state index in [-0.39, 0.29) is 39.5 Å². The number of nitrogens with one attached hydrogen (secondary N) is 1. The first-order chi connectivity index (χ1) is 27.3. The molecule has 3 aliphatic heterocycles. The molecule has 3 N–H and O–H groups in total. The van der Waals surface area contributed by atoms with Crippen LogP contribution in [0.4, 0.5) is 0 Å². The van der Waals surface area contributed by atoms with Crippen LogP contribution < -0.4 is 14.8 Å². The van der Waals surface area contributed by atoms with Crippen LogP contribution in [0.1, 0.15) is 106 Å². The molecule has 0 saturated carbocycles. The molecule has 1 aromatic carbocycles. The van der Waals surface area contributed by atoms with Crippen molar-refractivity contribution in [2.45, 2.75) is 106 Å². The lowest BCUT2D eigenvalue weighted by molar-refractivity contribution is -0.160. The predicted molar refractivity (Wildman–Crippen MR) is 215 cm³/mol. The van der Waals surface area contributed by atoms with Crippen LogP contribution in [0.2, 0.25) is 0 Å². The zero-order chi connectivity index (χ0) is 44.6. The van der Waals surface area contributed by atoms with Crippen LogP contribution in [-0.2, 0) is 28.6 Å². The van der Waals surface area contributed by atoms with Gasteiger partial charge in [0.05, 0.1) is 46.7 Å². The van der Waals surface area contributed by atoms with Gasteiger partial charge < -0.3 is 44.1 Å². The number of hydrogen-bond donors (Lipinski definition) is 3. The largest absolute Gasteiger partial charge is 0.462 e. The number of ether oxygens (including phenoxy) is 5. The van der Waals surface area contributed by atoms with Gasteiger partial charge in [-0.2, -0.15) is 0 Å². The molecule has 1 aliphatic carbocycles. The van der Waals surface area contributed by atoms with E-state index in [4.69, 9.17) is 23.7 Å². The second-order valence-electron chi connectivity index (χ2n) is 17.0. The number of rotatable bonds is 4. The van der Waals surface area contributed by atoms with Crippen molar-refractivity contribution in [3.63, 3.8) is 0 Å². The van der Waals surface area contributed by atoms with Crippen LogP contribution in [-0.4, -0.2) is 102 Å². The first kappa shape index (κ1) is 46.6. The zero-order valence-corrected chi connectivity index (χ0v) is 36.3. The molecule has 9 atom stereocenters. The highest BCUT2D eigenvalue weighted by Crippen LogP contribution is 2.49. The maximum Gasteiger partial charge on any atom is 0.316 e. The summed E-state index contributed by atoms with van der Waals surface area (Å²) in [5.74, 6) is -9.79. The standard InChI is InChI=1S/C44H58N2O13/c1-20-16-15-17-21(2)41(53)45-31-32(46(12)13)36(51)28-29(35(31)50)38(58-42(54)43(8,9)10)25(6)39-30(28)40(52)44(11,59-39)56-19-18-27(55-14)22(3)37(57-26(7)47)24(5)34(49)23(4)33(20)48/h15-20,22-24,27,33-34,37,48-49H,1-14H3,(H,45,53)/b16-15-,19-18-,21-17-/t20-,22+,23+,24-,27-,33-,34-,37+,44-/m1/s1. The van der Waals surface area contributed by atoms with Crippen molar-refractivity contribution in [2.24, 2.45) is 29.1 Å². The van der Waals surface area contributed by atoms with Gasteiger partial charge in [0.15, 0.2) is 0 Å². The second-order valence-corrected chi connectivity index (χ2v) is 17.0. The van der Waals surface area contributed by atoms with Crippen LogP contribution in [0, 0.1) is 36.0 Å². The number of amides is 1. The van der Waals surface area contributed by atoms with Gasteiger partial charge in [0.2, 0.25) is 11.6 Å². The van der Waals surface area contributed by atoms with E-state index in [9.17, 15) is 39.0 Å². The third kappa shape index (κ3) is 9.07. The van der Waals surface area contributed by atoms with E-state index in [1.54, 1.807) is 60.6 Å². The van der Waals surface area contributed by atoms with E-state index >= 15 is 0 Å². The van der Waals surface area contributed by atoms with Gasteiger partial charge in [0.25, 0.3) is 11.7 Å². The van der Waals surface area contributed by atoms with E-state index in [2.05, 4.69) is 5.32 Å². The predicted octanol–water partition coefficient (Wildman–Crippen LogP) is 4.77. The van der Waals surface area contributed by atoms with Gasteiger partial charge in [-0.15, -0.1) is 0 Å². The van der Waals surface area contributed by atoms with Crippen molar-refractivity contribution < 1.29 is 62.7 Å². The van der Waals surface area contributed by atoms with E-state index < -0.39 is 106 Å². The van der Waals surface area contributed by atoms with Crippen LogP contribution >= 0.6 is 0 Å². The average Bonchev–Trinajstić information content (AvgIpc) is 3.42. The molecule has 1 amide bonds. The Bertz CT molecular complexity index is 2040. The molecule has 5 rings (SSSR count). The van der Waals surface area contributed by atoms with E-state index in [1.807, 2.05) is 0 Å². The topological polar surface area (TPSA) is 204 Å². The number of carbonyl (C=O) groups is 6. The van der Waals surface area contributed by atoms with Crippen molar-refractivity contribution >= 4 is 35.2 Å². The fraction of sp³-hybridized carbons (Fsp3) is 0.545. The maximum atomic E-state index is 14.7. The van der Waals surface area contributed by atoms with Crippen molar-refractivity contribution in [3.8, 4) is 11.5 Å². The van der Waals surface area contributed by atoms with Gasteiger partial charge in [-0.1, -0.05) is 45.9 Å². The highest BCUT2D eigenvalue weighted by molar-refractivity contribution is 6.32. The number of Topliss-reactive ketones (excluding diaryl/α,β-unsaturated/α-hetero) is 3. The van der Waals surface area contributed by atoms with Gasteiger partial charge in [0, 0.05) is 69.9 Å². The minimum absolute atomic E-state index is 0.0542. The lowest BCUT2D eigenvalue weighted by Crippen LogP contribution is -2.46. The average molecular weight is 823 g/mol. The molecule has 4 aliphatic rings. The molecule has 0 spiro atoms. The molecule has 0 aromatic heterocycles. The Morgan fingerprint density at radius 1 is 0.898 bits per heavy atom. The van der Waals surface area contributed by atoms with Crippen LogP contribution in [0.5, 0.6) is 11.5 Å². The van der Waals surface area contributed by atoms with Gasteiger partial charge >= 0.3 is 17.7 Å². The van der Waals surface area contributed by atoms with Gasteiger partial charge in [0.1, 0.15) is 29.0 Å². The molecule has 15 heteroatoms. The number of hydrogen-bond acceptors (Lipinski definition) is 14. The summed E-state index contributed by atoms with van der Waals surface area (Å²) < 4.78 is 29.5. The highest BCUT2D eigenvalue weighted by Gasteiger charge is 2.53. The minimum atomic E-state index is -2.12. The number of fused-ring (bicyclic) bond motifs is 14. The van der Waals surface area contributed by atoms with E-state index in [1.165, 1.54) is 72.2 Å². The smallest absolute Gasteiger partial charge is 0.316 e. The van der Waals surface area contributed by atoms with Crippen LogP contribution in [0.25, 0.3) is 0 Å². The SMILES string of the molecule is CO[C@@H]1/C=C\O[C@]2(C)Oc3c(C)c(OC(=O)C(C)(C)C)c4c(c3C2=O)C(=O)C(N(C)C)=C(NC(=O)/C(C)=C\C=C/[C@@H](C)[C@@H](O)[C@H](C)[C@@H](O)[C@@H](C)[C@@H](OC(C)=O)[C@H]1C)C4=O. The summed E-state index contributed by atoms with van der Waals surface area (Å²) >= 11 is 0. The molecule has 5 bridgehead atoms. The van der Waals surface area contributed by atoms with Crippen molar-refractivity contribution in [3.05, 3.63) is 69.8 Å². The van der Waals surface area contributed by atoms with Crippen LogP contribution in [0.15, 0.2) is 47.5 Å². The minimum Gasteiger partial charge on any atom is -0.462 e. The number of aliphatic hydroxyl groups excluding tert-OH is 2. The maximum absolute atomic E-state index is 14.7. The first-order valence-corrected chi connectivity index (χ1v) is 19.5. The monoisotopic (exact) mass is 822 g/mol. The molecule has 59 heavy (non-hydrogen) atoms. The summed E-state index contributed by atoms with van der Waals surface area (Å²) in [5.41, 5.74) is -2.61. The number of carbonyl (C=O) groups excluding carboxylic acids is 6. The molecular weight excluding hydrogens is 764 g/mol. The Morgan fingerprint density at radius 3 is 2.08 bits per heavy atom. The molecule has 15 nitrogen and oxygen atoms in total. The fourth-order valence-electron chi connectivity index (χ4n) is 7.46. The third-order valence-electron chi connectivity index (χ3n) is 11.2. The number of likely N-dealkylation sites (N-methyl/N-ethyl adjacent to an activating group) is 1. The Morgan fingerprint density at radius 2 is 1.53 bits per heavy atom. The number of allylic oxidation sites excluding steroid dienone is 4. The van der Waals surface area contributed by atoms with Crippen molar-refractivity contribution in [1.82, 2.24) is 10.2 Å². The van der Waals surface area contributed by atoms with Crippen LogP contribution in [0.3, 0.4) is 0 Å². The normalized spacial score (nSPS) is 31.4. The molecule has 0 unspecified atom stereocenters. The number of benzene rings is 1. The highest BCUT2D eigenvalue weighted by atomic mass is 16.7. The molecule has 0 radical (unpaired) electrons. The lowest BCUT2D eigenvalue weighted by Gasteiger charge is -2.38. The lowest BCUT2D eigenvalue weighted by atomic mass is 9.78. The quantitative estimate of drug-likeness (QED) is 0.277. The summed E-state index contributed by atoms with van der Waals surface area (Å²) in [4.78, 5) is 84.7. The number of aliphatic hydroxyl groups is 2. The number of ketones is 3. The molecule has 0 fully saturated rings. The number of methoxy groups -OCH3 is 1. The fourth-order valence-corrected chi connectivity index (χ4v) is 7.46. The van der Waals surface area contributed by atoms with Crippen molar-refractivity contribution in [2.75, 3.05) is 21.2 Å². The molecule has 3 heterocycles. The number of esters is 2. The second kappa shape index (κ2) is 17.6. The Hall–Kier alpha value is -5.12. The summed E-state index contributed by atoms with van der Waals surface area (Å²) in [6.07, 6.45) is 3.32. The first-order valence-electron chi connectivity index (χ1n) is 19.5. The van der Waals surface area contributed by atoms with Gasteiger partial charge in [-0.05, 0) is 40.7 Å². The van der Waals surface area contributed by atoms with Crippen molar-refractivity contribution in [1.29, 1.82) is 0 Å². The van der Waals surface area contributed by atoms with E-state index in [0.29, 0.717) is 0 Å². The zero-order valence-electron chi connectivity index (χ0n) is 36.3. The van der Waals surface area contributed by atoms with Gasteiger partial charge in [-0.3, -0.25) is 28.8 Å². The van der Waals surface area contributed by atoms with Gasteiger partial charge in [-0.25, -0.2) is 0 Å². The third-order valence-corrected chi connectivity index (χ3v) is 11.2. The summed E-state index contributed by atoms with van der Waals surface area (Å²) in [6, 6.07) is 0. The molecule has 322 valence electrons. The Kier molecular flexibility index (Phi) is 13.9. The summed E-state index contributed by atoms with van der Waals surface area (Å²) in [7, 11) is 4.41. The summed E-state index contributed by atoms with van der Waals surface area (Å²) in [6.45, 7) is 17.2. The molecule has 0 saturated heterocycles. The number of nitrogens with zero attached hydrogens (tertiary/aromatic N) is 1. The molecular formula is C44H58N2O13. The van der Waals surface area contributed by atoms with E-state index in [0.717, 1.165) is 0 Å². The molecule has 1 aromatic rings. The Balaban J connectivity index is 1.99.